The number of hydrogen-bond donors (Lipinski definition) is 1. The molecule has 3 aromatic rings. The molecule has 1 N–H and O–H groups in total. The minimum atomic E-state index is -0.294. The number of ether oxygens (including phenoxy) is 3. The molecule has 0 saturated heterocycles. The van der Waals surface area contributed by atoms with Crippen molar-refractivity contribution in [1.82, 2.24) is 14.8 Å². The van der Waals surface area contributed by atoms with Crippen LogP contribution in [0.3, 0.4) is 0 Å². The van der Waals surface area contributed by atoms with Crippen molar-refractivity contribution in [1.29, 1.82) is 0 Å². The number of aromatic nitrogens is 3. The molecule has 0 aliphatic carbocycles. The van der Waals surface area contributed by atoms with E-state index in [0.29, 0.717) is 34.2 Å². The molecule has 1 aliphatic heterocycles. The SMILES string of the molecule is CC(C)Cn1c(SCC(=O)Nc2ccc3c(c2)OCO3)nnc1C(C)Oc1ccccc1C(C)C. The van der Waals surface area contributed by atoms with E-state index in [1.165, 1.54) is 11.8 Å². The van der Waals surface area contributed by atoms with E-state index < -0.39 is 0 Å². The Hall–Kier alpha value is -3.20. The predicted molar refractivity (Wildman–Crippen MR) is 136 cm³/mol. The highest BCUT2D eigenvalue weighted by Crippen LogP contribution is 2.34. The Morgan fingerprint density at radius 3 is 2.63 bits per heavy atom. The van der Waals surface area contributed by atoms with Gasteiger partial charge in [0.25, 0.3) is 0 Å². The lowest BCUT2D eigenvalue weighted by molar-refractivity contribution is -0.113. The minimum absolute atomic E-state index is 0.135. The summed E-state index contributed by atoms with van der Waals surface area (Å²) in [4.78, 5) is 12.6. The molecule has 4 rings (SSSR count). The first kappa shape index (κ1) is 24.9. The summed E-state index contributed by atoms with van der Waals surface area (Å²) in [5, 5.41) is 12.4. The van der Waals surface area contributed by atoms with Crippen LogP contribution in [-0.4, -0.2) is 33.2 Å². The largest absolute Gasteiger partial charge is 0.482 e. The lowest BCUT2D eigenvalue weighted by Crippen LogP contribution is -2.17. The molecule has 1 aliphatic rings. The van der Waals surface area contributed by atoms with Crippen LogP contribution in [0.25, 0.3) is 0 Å². The fourth-order valence-corrected chi connectivity index (χ4v) is 4.61. The van der Waals surface area contributed by atoms with Gasteiger partial charge in [-0.3, -0.25) is 4.79 Å². The Bertz CT molecular complexity index is 1180. The van der Waals surface area contributed by atoms with Gasteiger partial charge in [0, 0.05) is 18.3 Å². The Balaban J connectivity index is 1.44. The number of rotatable bonds is 10. The van der Waals surface area contributed by atoms with E-state index in [1.54, 1.807) is 18.2 Å². The lowest BCUT2D eigenvalue weighted by Gasteiger charge is -2.20. The topological polar surface area (TPSA) is 87.5 Å². The third-order valence-corrected chi connectivity index (χ3v) is 6.46. The molecule has 1 aromatic heterocycles. The second kappa shape index (κ2) is 11.0. The maximum Gasteiger partial charge on any atom is 0.234 e. The summed E-state index contributed by atoms with van der Waals surface area (Å²) >= 11 is 1.36. The van der Waals surface area contributed by atoms with E-state index in [2.05, 4.69) is 53.8 Å². The van der Waals surface area contributed by atoms with Crippen molar-refractivity contribution >= 4 is 23.4 Å². The van der Waals surface area contributed by atoms with Gasteiger partial charge >= 0.3 is 0 Å². The fraction of sp³-hybridized carbons (Fsp3) is 0.423. The highest BCUT2D eigenvalue weighted by atomic mass is 32.2. The number of nitrogens with zero attached hydrogens (tertiary/aromatic N) is 3. The van der Waals surface area contributed by atoms with Gasteiger partial charge in [-0.1, -0.05) is 57.7 Å². The standard InChI is InChI=1S/C26H32N4O4S/c1-16(2)13-30-25(18(5)34-21-9-7-6-8-20(21)17(3)4)28-29-26(30)35-14-24(31)27-19-10-11-22-23(12-19)33-15-32-22/h6-12,16-18H,13-15H2,1-5H3,(H,27,31). The van der Waals surface area contributed by atoms with Crippen LogP contribution >= 0.6 is 11.8 Å². The molecule has 2 heterocycles. The van der Waals surface area contributed by atoms with Crippen LogP contribution in [0.2, 0.25) is 0 Å². The molecular formula is C26H32N4O4S. The van der Waals surface area contributed by atoms with Gasteiger partial charge in [0.1, 0.15) is 5.75 Å². The fourth-order valence-electron chi connectivity index (χ4n) is 3.85. The molecule has 0 spiro atoms. The number of fused-ring (bicyclic) bond motifs is 1. The summed E-state index contributed by atoms with van der Waals surface area (Å²) in [6.45, 7) is 11.5. The van der Waals surface area contributed by atoms with Gasteiger partial charge in [-0.25, -0.2) is 0 Å². The average Bonchev–Trinajstić information content (AvgIpc) is 3.44. The second-order valence-electron chi connectivity index (χ2n) is 9.20. The third-order valence-electron chi connectivity index (χ3n) is 5.49. The smallest absolute Gasteiger partial charge is 0.234 e. The van der Waals surface area contributed by atoms with Gasteiger partial charge in [-0.2, -0.15) is 0 Å². The quantitative estimate of drug-likeness (QED) is 0.363. The van der Waals surface area contributed by atoms with Crippen LogP contribution < -0.4 is 19.5 Å². The molecule has 186 valence electrons. The van der Waals surface area contributed by atoms with E-state index in [4.69, 9.17) is 14.2 Å². The Kier molecular flexibility index (Phi) is 7.85. The Labute approximate surface area is 210 Å². The van der Waals surface area contributed by atoms with E-state index in [1.807, 2.05) is 25.1 Å². The zero-order chi connectivity index (χ0) is 24.9. The van der Waals surface area contributed by atoms with E-state index in [0.717, 1.165) is 23.7 Å². The Morgan fingerprint density at radius 2 is 1.86 bits per heavy atom. The first-order valence-corrected chi connectivity index (χ1v) is 12.8. The van der Waals surface area contributed by atoms with Crippen molar-refractivity contribution in [2.45, 2.75) is 58.3 Å². The summed E-state index contributed by atoms with van der Waals surface area (Å²) in [5.74, 6) is 3.70. The van der Waals surface area contributed by atoms with Crippen LogP contribution in [0.1, 0.15) is 58.0 Å². The summed E-state index contributed by atoms with van der Waals surface area (Å²) in [6.07, 6.45) is -0.294. The van der Waals surface area contributed by atoms with Crippen LogP contribution in [0.4, 0.5) is 5.69 Å². The molecule has 1 amide bonds. The van der Waals surface area contributed by atoms with Gasteiger partial charge < -0.3 is 24.1 Å². The molecular weight excluding hydrogens is 464 g/mol. The number of carbonyl (C=O) groups is 1. The number of amides is 1. The summed E-state index contributed by atoms with van der Waals surface area (Å²) in [7, 11) is 0. The van der Waals surface area contributed by atoms with Crippen molar-refractivity contribution < 1.29 is 19.0 Å². The maximum atomic E-state index is 12.6. The molecule has 0 bridgehead atoms. The Morgan fingerprint density at radius 1 is 1.09 bits per heavy atom. The molecule has 8 nitrogen and oxygen atoms in total. The van der Waals surface area contributed by atoms with E-state index >= 15 is 0 Å². The first-order valence-electron chi connectivity index (χ1n) is 11.8. The molecule has 0 radical (unpaired) electrons. The van der Waals surface area contributed by atoms with Gasteiger partial charge in [0.05, 0.1) is 5.75 Å². The molecule has 35 heavy (non-hydrogen) atoms. The summed E-state index contributed by atoms with van der Waals surface area (Å²) in [6, 6.07) is 13.4. The normalized spacial score (nSPS) is 13.3. The predicted octanol–water partition coefficient (Wildman–Crippen LogP) is 5.66. The number of thioether (sulfide) groups is 1. The zero-order valence-electron chi connectivity index (χ0n) is 20.8. The summed E-state index contributed by atoms with van der Waals surface area (Å²) in [5.41, 5.74) is 1.82. The number of para-hydroxylation sites is 1. The van der Waals surface area contributed by atoms with Gasteiger partial charge in [-0.05, 0) is 42.5 Å². The van der Waals surface area contributed by atoms with Crippen molar-refractivity contribution in [2.24, 2.45) is 5.92 Å². The maximum absolute atomic E-state index is 12.6. The monoisotopic (exact) mass is 496 g/mol. The van der Waals surface area contributed by atoms with Crippen molar-refractivity contribution in [3.8, 4) is 17.2 Å². The zero-order valence-corrected chi connectivity index (χ0v) is 21.6. The molecule has 0 saturated carbocycles. The van der Waals surface area contributed by atoms with Crippen LogP contribution in [-0.2, 0) is 11.3 Å². The number of hydrogen-bond acceptors (Lipinski definition) is 7. The third kappa shape index (κ3) is 6.08. The van der Waals surface area contributed by atoms with Crippen LogP contribution in [0.5, 0.6) is 17.2 Å². The first-order chi connectivity index (χ1) is 16.8. The second-order valence-corrected chi connectivity index (χ2v) is 10.1. The van der Waals surface area contributed by atoms with Crippen molar-refractivity contribution in [3.05, 3.63) is 53.9 Å². The lowest BCUT2D eigenvalue weighted by atomic mass is 10.0. The number of nitrogens with one attached hydrogen (secondary N) is 1. The molecule has 2 aromatic carbocycles. The molecule has 9 heteroatoms. The van der Waals surface area contributed by atoms with E-state index in [9.17, 15) is 4.79 Å². The van der Waals surface area contributed by atoms with Gasteiger partial charge in [-0.15, -0.1) is 10.2 Å². The van der Waals surface area contributed by atoms with Gasteiger partial charge in [0.2, 0.25) is 12.7 Å². The molecule has 1 atom stereocenters. The number of carbonyl (C=O) groups excluding carboxylic acids is 1. The average molecular weight is 497 g/mol. The number of anilines is 1. The van der Waals surface area contributed by atoms with E-state index in [-0.39, 0.29) is 24.6 Å². The number of benzene rings is 2. The van der Waals surface area contributed by atoms with Crippen molar-refractivity contribution in [2.75, 3.05) is 17.9 Å². The van der Waals surface area contributed by atoms with Gasteiger partial charge in [0.15, 0.2) is 28.6 Å². The molecule has 0 fully saturated rings. The van der Waals surface area contributed by atoms with Crippen LogP contribution in [0, 0.1) is 5.92 Å². The minimum Gasteiger partial charge on any atom is -0.482 e. The molecule has 1 unspecified atom stereocenters. The highest BCUT2D eigenvalue weighted by Gasteiger charge is 2.22. The van der Waals surface area contributed by atoms with Crippen molar-refractivity contribution in [3.63, 3.8) is 0 Å². The summed E-state index contributed by atoms with van der Waals surface area (Å²) < 4.78 is 19.1. The van der Waals surface area contributed by atoms with Crippen LogP contribution in [0.15, 0.2) is 47.6 Å². The highest BCUT2D eigenvalue weighted by molar-refractivity contribution is 7.99.